The Bertz CT molecular complexity index is 815. The van der Waals surface area contributed by atoms with Crippen molar-refractivity contribution in [1.82, 2.24) is 10.1 Å². The van der Waals surface area contributed by atoms with Crippen molar-refractivity contribution in [3.8, 4) is 11.5 Å². The molecule has 150 valence electrons. The standard InChI is InChI=1S/C22H28N2O4/c1-26-18-9-6-10-19(27-2)20(18)22(25)24-13-11-15(12-14-24)21-16-7-4-3-5-8-17(16)23-28-21/h6,9-10,15H,3-5,7-8,11-14H2,1-2H3. The number of carbonyl (C=O) groups excluding carboxylic acids is 1. The Morgan fingerprint density at radius 1 is 1.07 bits per heavy atom. The van der Waals surface area contributed by atoms with Gasteiger partial charge in [0.15, 0.2) is 0 Å². The molecule has 28 heavy (non-hydrogen) atoms. The molecule has 1 fully saturated rings. The number of carbonyl (C=O) groups is 1. The fourth-order valence-corrected chi connectivity index (χ4v) is 4.48. The van der Waals surface area contributed by atoms with Gasteiger partial charge in [-0.1, -0.05) is 17.6 Å². The van der Waals surface area contributed by atoms with E-state index in [0.29, 0.717) is 36.1 Å². The van der Waals surface area contributed by atoms with Crippen molar-refractivity contribution in [1.29, 1.82) is 0 Å². The minimum absolute atomic E-state index is 0.0378. The van der Waals surface area contributed by atoms with Gasteiger partial charge in [0.2, 0.25) is 0 Å². The molecule has 4 rings (SSSR count). The van der Waals surface area contributed by atoms with Crippen molar-refractivity contribution < 1.29 is 18.8 Å². The lowest BCUT2D eigenvalue weighted by Gasteiger charge is -2.32. The molecular weight excluding hydrogens is 356 g/mol. The normalized spacial score (nSPS) is 17.7. The maximum atomic E-state index is 13.2. The number of likely N-dealkylation sites (tertiary alicyclic amines) is 1. The van der Waals surface area contributed by atoms with E-state index >= 15 is 0 Å². The van der Waals surface area contributed by atoms with Gasteiger partial charge in [-0.3, -0.25) is 4.79 Å². The van der Waals surface area contributed by atoms with E-state index in [1.165, 1.54) is 24.8 Å². The summed E-state index contributed by atoms with van der Waals surface area (Å²) in [5, 5.41) is 4.35. The van der Waals surface area contributed by atoms with Crippen LogP contribution in [0.5, 0.6) is 11.5 Å². The molecule has 6 heteroatoms. The smallest absolute Gasteiger partial charge is 0.261 e. The highest BCUT2D eigenvalue weighted by atomic mass is 16.5. The Kier molecular flexibility index (Phi) is 5.55. The van der Waals surface area contributed by atoms with Crippen LogP contribution in [0, 0.1) is 0 Å². The van der Waals surface area contributed by atoms with Crippen molar-refractivity contribution >= 4 is 5.91 Å². The summed E-state index contributed by atoms with van der Waals surface area (Å²) in [4.78, 5) is 15.1. The van der Waals surface area contributed by atoms with Crippen LogP contribution in [0.1, 0.15) is 65.4 Å². The number of aryl methyl sites for hydroxylation is 1. The second-order valence-electron chi connectivity index (χ2n) is 7.64. The van der Waals surface area contributed by atoms with Gasteiger partial charge in [-0.05, 0) is 50.7 Å². The van der Waals surface area contributed by atoms with Gasteiger partial charge in [-0.25, -0.2) is 0 Å². The summed E-state index contributed by atoms with van der Waals surface area (Å²) in [6.45, 7) is 1.39. The molecular formula is C22H28N2O4. The number of fused-ring (bicyclic) bond motifs is 1. The van der Waals surface area contributed by atoms with E-state index in [-0.39, 0.29) is 5.91 Å². The molecule has 1 aromatic heterocycles. The number of ether oxygens (including phenoxy) is 2. The third kappa shape index (κ3) is 3.48. The molecule has 1 saturated heterocycles. The lowest BCUT2D eigenvalue weighted by molar-refractivity contribution is 0.0699. The van der Waals surface area contributed by atoms with Gasteiger partial charge < -0.3 is 18.9 Å². The lowest BCUT2D eigenvalue weighted by atomic mass is 9.90. The average molecular weight is 384 g/mol. The topological polar surface area (TPSA) is 64.8 Å². The van der Waals surface area contributed by atoms with E-state index in [1.807, 2.05) is 11.0 Å². The summed E-state index contributed by atoms with van der Waals surface area (Å²) in [6.07, 6.45) is 7.58. The van der Waals surface area contributed by atoms with Crippen molar-refractivity contribution in [2.24, 2.45) is 0 Å². The van der Waals surface area contributed by atoms with Crippen LogP contribution in [0.3, 0.4) is 0 Å². The highest BCUT2D eigenvalue weighted by Gasteiger charge is 2.32. The van der Waals surface area contributed by atoms with Crippen LogP contribution < -0.4 is 9.47 Å². The Labute approximate surface area is 165 Å². The van der Waals surface area contributed by atoms with E-state index < -0.39 is 0 Å². The molecule has 2 aliphatic rings. The summed E-state index contributed by atoms with van der Waals surface area (Å²) in [6, 6.07) is 5.43. The predicted molar refractivity (Wildman–Crippen MR) is 105 cm³/mol. The Hall–Kier alpha value is -2.50. The highest BCUT2D eigenvalue weighted by Crippen LogP contribution is 2.36. The zero-order valence-electron chi connectivity index (χ0n) is 16.7. The first kappa shape index (κ1) is 18.8. The van der Waals surface area contributed by atoms with E-state index in [2.05, 4.69) is 5.16 Å². The summed E-state index contributed by atoms with van der Waals surface area (Å²) in [7, 11) is 3.15. The van der Waals surface area contributed by atoms with Crippen LogP contribution in [0.25, 0.3) is 0 Å². The number of methoxy groups -OCH3 is 2. The zero-order chi connectivity index (χ0) is 19.5. The second-order valence-corrected chi connectivity index (χ2v) is 7.64. The van der Waals surface area contributed by atoms with Gasteiger partial charge in [0.05, 0.1) is 19.9 Å². The zero-order valence-corrected chi connectivity index (χ0v) is 16.7. The van der Waals surface area contributed by atoms with Crippen LogP contribution in [0.2, 0.25) is 0 Å². The number of benzene rings is 1. The number of hydrogen-bond donors (Lipinski definition) is 0. The molecule has 1 aromatic carbocycles. The van der Waals surface area contributed by atoms with Crippen LogP contribution in [0.4, 0.5) is 0 Å². The van der Waals surface area contributed by atoms with Crippen LogP contribution in [-0.4, -0.2) is 43.3 Å². The summed E-state index contributed by atoms with van der Waals surface area (Å²) in [5.74, 6) is 2.47. The SMILES string of the molecule is COc1cccc(OC)c1C(=O)N1CCC(c2onc3c2CCCCC3)CC1. The molecule has 6 nitrogen and oxygen atoms in total. The molecule has 2 aromatic rings. The van der Waals surface area contributed by atoms with Crippen LogP contribution >= 0.6 is 0 Å². The van der Waals surface area contributed by atoms with Gasteiger partial charge in [0, 0.05) is 24.6 Å². The van der Waals surface area contributed by atoms with Crippen molar-refractivity contribution in [3.05, 3.63) is 40.8 Å². The number of rotatable bonds is 4. The molecule has 2 heterocycles. The lowest BCUT2D eigenvalue weighted by Crippen LogP contribution is -2.38. The fraction of sp³-hybridized carbons (Fsp3) is 0.545. The summed E-state index contributed by atoms with van der Waals surface area (Å²) < 4.78 is 16.6. The molecule has 0 unspecified atom stereocenters. The monoisotopic (exact) mass is 384 g/mol. The second kappa shape index (κ2) is 8.25. The third-order valence-electron chi connectivity index (χ3n) is 6.03. The first-order valence-corrected chi connectivity index (χ1v) is 10.2. The highest BCUT2D eigenvalue weighted by molar-refractivity contribution is 5.99. The molecule has 0 spiro atoms. The van der Waals surface area contributed by atoms with Crippen LogP contribution in [0.15, 0.2) is 22.7 Å². The molecule has 0 N–H and O–H groups in total. The van der Waals surface area contributed by atoms with Gasteiger partial charge in [0.1, 0.15) is 22.8 Å². The maximum Gasteiger partial charge on any atom is 0.261 e. The largest absolute Gasteiger partial charge is 0.496 e. The quantitative estimate of drug-likeness (QED) is 0.746. The van der Waals surface area contributed by atoms with E-state index in [0.717, 1.165) is 37.1 Å². The van der Waals surface area contributed by atoms with Crippen molar-refractivity contribution in [2.75, 3.05) is 27.3 Å². The number of piperidine rings is 1. The summed E-state index contributed by atoms with van der Waals surface area (Å²) >= 11 is 0. The molecule has 0 radical (unpaired) electrons. The van der Waals surface area contributed by atoms with E-state index in [9.17, 15) is 4.79 Å². The number of nitrogens with zero attached hydrogens (tertiary/aromatic N) is 2. The molecule has 1 aliphatic carbocycles. The molecule has 1 aliphatic heterocycles. The average Bonchev–Trinajstić information content (AvgIpc) is 3.00. The molecule has 0 saturated carbocycles. The minimum atomic E-state index is -0.0378. The Morgan fingerprint density at radius 2 is 1.75 bits per heavy atom. The van der Waals surface area contributed by atoms with Gasteiger partial charge in [-0.2, -0.15) is 0 Å². The Balaban J connectivity index is 1.48. The van der Waals surface area contributed by atoms with Crippen molar-refractivity contribution in [2.45, 2.75) is 50.9 Å². The van der Waals surface area contributed by atoms with Crippen LogP contribution in [-0.2, 0) is 12.8 Å². The first-order valence-electron chi connectivity index (χ1n) is 10.2. The number of hydrogen-bond acceptors (Lipinski definition) is 5. The molecule has 0 atom stereocenters. The predicted octanol–water partition coefficient (Wildman–Crippen LogP) is 3.98. The number of aromatic nitrogens is 1. The van der Waals surface area contributed by atoms with Crippen molar-refractivity contribution in [3.63, 3.8) is 0 Å². The first-order chi connectivity index (χ1) is 13.7. The number of amides is 1. The molecule has 1 amide bonds. The maximum absolute atomic E-state index is 13.2. The molecule has 0 bridgehead atoms. The third-order valence-corrected chi connectivity index (χ3v) is 6.03. The van der Waals surface area contributed by atoms with E-state index in [1.54, 1.807) is 26.4 Å². The van der Waals surface area contributed by atoms with Gasteiger partial charge in [-0.15, -0.1) is 0 Å². The Morgan fingerprint density at radius 3 is 2.43 bits per heavy atom. The van der Waals surface area contributed by atoms with E-state index in [4.69, 9.17) is 14.0 Å². The fourth-order valence-electron chi connectivity index (χ4n) is 4.48. The minimum Gasteiger partial charge on any atom is -0.496 e. The summed E-state index contributed by atoms with van der Waals surface area (Å²) in [5.41, 5.74) is 3.00. The van der Waals surface area contributed by atoms with Gasteiger partial charge >= 0.3 is 0 Å². The van der Waals surface area contributed by atoms with Gasteiger partial charge in [0.25, 0.3) is 5.91 Å².